The lowest BCUT2D eigenvalue weighted by atomic mass is 10.2. The molecule has 0 saturated carbocycles. The lowest BCUT2D eigenvalue weighted by Gasteiger charge is -2.05. The number of nitrogens with zero attached hydrogens (tertiary/aromatic N) is 1. The smallest absolute Gasteiger partial charge is 0.159 e. The van der Waals surface area contributed by atoms with E-state index in [2.05, 4.69) is 10.5 Å². The number of aromatic carboxylic acids is 1. The molecule has 0 aliphatic rings. The molecule has 0 spiro atoms. The molecule has 4 nitrogen and oxygen atoms in total. The van der Waals surface area contributed by atoms with Crippen LogP contribution in [0.1, 0.15) is 15.9 Å². The Kier molecular flexibility index (Phi) is 4.05. The van der Waals surface area contributed by atoms with Gasteiger partial charge >= 0.3 is 0 Å². The molecule has 0 fully saturated rings. The molecule has 20 heavy (non-hydrogen) atoms. The first-order chi connectivity index (χ1) is 9.56. The summed E-state index contributed by atoms with van der Waals surface area (Å²) < 4.78 is 25.7. The Labute approximate surface area is 113 Å². The Bertz CT molecular complexity index is 672. The summed E-state index contributed by atoms with van der Waals surface area (Å²) in [6, 6.07) is 9.22. The van der Waals surface area contributed by atoms with Gasteiger partial charge in [0.2, 0.25) is 0 Å². The van der Waals surface area contributed by atoms with Gasteiger partial charge in [-0.2, -0.15) is 5.10 Å². The van der Waals surface area contributed by atoms with Crippen LogP contribution in [0.15, 0.2) is 47.6 Å². The normalized spacial score (nSPS) is 10.7. The van der Waals surface area contributed by atoms with Gasteiger partial charge in [-0.15, -0.1) is 0 Å². The molecular formula is C14H9F2N2O2-. The standard InChI is InChI=1S/C14H10F2N2O2/c15-12-5-4-9(6-13(12)16)8-17-18-11-3-1-2-10(7-11)14(19)20/h1-8,18H,(H,19,20)/p-1/b17-8-. The van der Waals surface area contributed by atoms with Crippen LogP contribution in [0, 0.1) is 11.6 Å². The largest absolute Gasteiger partial charge is 0.545 e. The number of hydrogen-bond donors (Lipinski definition) is 1. The zero-order chi connectivity index (χ0) is 14.5. The minimum Gasteiger partial charge on any atom is -0.545 e. The second-order valence-corrected chi connectivity index (χ2v) is 3.91. The van der Waals surface area contributed by atoms with Crippen molar-refractivity contribution in [2.24, 2.45) is 5.10 Å². The van der Waals surface area contributed by atoms with Crippen molar-refractivity contribution in [3.63, 3.8) is 0 Å². The number of carboxylic acids is 1. The number of hydrazone groups is 1. The van der Waals surface area contributed by atoms with Gasteiger partial charge < -0.3 is 9.90 Å². The van der Waals surface area contributed by atoms with Gasteiger partial charge in [0.05, 0.1) is 17.9 Å². The van der Waals surface area contributed by atoms with Crippen LogP contribution in [-0.2, 0) is 0 Å². The number of halogens is 2. The molecule has 2 aromatic rings. The lowest BCUT2D eigenvalue weighted by Crippen LogP contribution is -2.22. The highest BCUT2D eigenvalue weighted by Crippen LogP contribution is 2.10. The molecular weight excluding hydrogens is 266 g/mol. The highest BCUT2D eigenvalue weighted by Gasteiger charge is 2.00. The molecule has 0 aliphatic heterocycles. The van der Waals surface area contributed by atoms with Crippen LogP contribution in [-0.4, -0.2) is 12.2 Å². The second-order valence-electron chi connectivity index (χ2n) is 3.91. The van der Waals surface area contributed by atoms with Crippen molar-refractivity contribution in [2.75, 3.05) is 5.43 Å². The monoisotopic (exact) mass is 275 g/mol. The maximum Gasteiger partial charge on any atom is 0.159 e. The summed E-state index contributed by atoms with van der Waals surface area (Å²) >= 11 is 0. The molecule has 0 heterocycles. The third kappa shape index (κ3) is 3.38. The number of hydrogen-bond acceptors (Lipinski definition) is 4. The average molecular weight is 275 g/mol. The Morgan fingerprint density at radius 1 is 1.15 bits per heavy atom. The molecule has 102 valence electrons. The van der Waals surface area contributed by atoms with Crippen molar-refractivity contribution in [2.45, 2.75) is 0 Å². The number of carbonyl (C=O) groups is 1. The summed E-state index contributed by atoms with van der Waals surface area (Å²) in [6.07, 6.45) is 1.29. The molecule has 1 N–H and O–H groups in total. The highest BCUT2D eigenvalue weighted by atomic mass is 19.2. The van der Waals surface area contributed by atoms with Crippen LogP contribution in [0.4, 0.5) is 14.5 Å². The predicted molar refractivity (Wildman–Crippen MR) is 68.3 cm³/mol. The van der Waals surface area contributed by atoms with E-state index in [9.17, 15) is 18.7 Å². The van der Waals surface area contributed by atoms with Crippen molar-refractivity contribution in [1.82, 2.24) is 0 Å². The second kappa shape index (κ2) is 5.92. The number of rotatable bonds is 4. The third-order valence-corrected chi connectivity index (χ3v) is 2.45. The quantitative estimate of drug-likeness (QED) is 0.683. The topological polar surface area (TPSA) is 64.5 Å². The zero-order valence-electron chi connectivity index (χ0n) is 10.1. The fourth-order valence-electron chi connectivity index (χ4n) is 1.49. The number of carbonyl (C=O) groups excluding carboxylic acids is 1. The Morgan fingerprint density at radius 3 is 2.65 bits per heavy atom. The van der Waals surface area contributed by atoms with Gasteiger partial charge in [0.1, 0.15) is 0 Å². The number of nitrogens with one attached hydrogen (secondary N) is 1. The van der Waals surface area contributed by atoms with Gasteiger partial charge in [-0.05, 0) is 35.4 Å². The van der Waals surface area contributed by atoms with Crippen molar-refractivity contribution >= 4 is 17.9 Å². The van der Waals surface area contributed by atoms with E-state index in [1.165, 1.54) is 30.5 Å². The first-order valence-electron chi connectivity index (χ1n) is 5.62. The third-order valence-electron chi connectivity index (χ3n) is 2.45. The van der Waals surface area contributed by atoms with Crippen LogP contribution >= 0.6 is 0 Å². The van der Waals surface area contributed by atoms with Gasteiger partial charge in [-0.3, -0.25) is 5.43 Å². The van der Waals surface area contributed by atoms with Crippen LogP contribution in [0.2, 0.25) is 0 Å². The SMILES string of the molecule is O=C([O-])c1cccc(N/N=C\c2ccc(F)c(F)c2)c1. The lowest BCUT2D eigenvalue weighted by molar-refractivity contribution is -0.255. The van der Waals surface area contributed by atoms with Gasteiger partial charge in [-0.25, -0.2) is 8.78 Å². The number of benzene rings is 2. The van der Waals surface area contributed by atoms with E-state index in [0.29, 0.717) is 11.3 Å². The number of anilines is 1. The molecule has 0 aromatic heterocycles. The van der Waals surface area contributed by atoms with E-state index in [0.717, 1.165) is 12.1 Å². The summed E-state index contributed by atoms with van der Waals surface area (Å²) in [5, 5.41) is 14.5. The summed E-state index contributed by atoms with van der Waals surface area (Å²) in [5.74, 6) is -3.19. The summed E-state index contributed by atoms with van der Waals surface area (Å²) in [6.45, 7) is 0. The molecule has 0 amide bonds. The van der Waals surface area contributed by atoms with Crippen molar-refractivity contribution in [1.29, 1.82) is 0 Å². The minimum absolute atomic E-state index is 0.0121. The maximum absolute atomic E-state index is 12.9. The van der Waals surface area contributed by atoms with Crippen LogP contribution < -0.4 is 10.5 Å². The Morgan fingerprint density at radius 2 is 1.95 bits per heavy atom. The van der Waals surface area contributed by atoms with E-state index < -0.39 is 17.6 Å². The molecule has 0 bridgehead atoms. The molecule has 0 atom stereocenters. The highest BCUT2D eigenvalue weighted by molar-refractivity contribution is 5.87. The van der Waals surface area contributed by atoms with Gasteiger partial charge in [0.25, 0.3) is 0 Å². The van der Waals surface area contributed by atoms with Crippen molar-refractivity contribution in [3.8, 4) is 0 Å². The molecule has 0 saturated heterocycles. The fraction of sp³-hybridized carbons (Fsp3) is 0. The molecule has 2 rings (SSSR count). The van der Waals surface area contributed by atoms with Crippen molar-refractivity contribution < 1.29 is 18.7 Å². The molecule has 0 aliphatic carbocycles. The average Bonchev–Trinajstić information content (AvgIpc) is 2.43. The van der Waals surface area contributed by atoms with E-state index in [1.54, 1.807) is 6.07 Å². The Hall–Kier alpha value is -2.76. The van der Waals surface area contributed by atoms with Crippen LogP contribution in [0.3, 0.4) is 0 Å². The Balaban J connectivity index is 2.07. The first-order valence-corrected chi connectivity index (χ1v) is 5.62. The molecule has 2 aromatic carbocycles. The number of carboxylic acid groups (broad SMARTS) is 1. The van der Waals surface area contributed by atoms with Crippen molar-refractivity contribution in [3.05, 3.63) is 65.2 Å². The molecule has 6 heteroatoms. The van der Waals surface area contributed by atoms with E-state index >= 15 is 0 Å². The van der Waals surface area contributed by atoms with Gasteiger partial charge in [-0.1, -0.05) is 18.2 Å². The summed E-state index contributed by atoms with van der Waals surface area (Å²) in [4.78, 5) is 10.7. The molecule has 0 radical (unpaired) electrons. The maximum atomic E-state index is 12.9. The molecule has 0 unspecified atom stereocenters. The summed E-state index contributed by atoms with van der Waals surface area (Å²) in [5.41, 5.74) is 3.40. The fourth-order valence-corrected chi connectivity index (χ4v) is 1.49. The minimum atomic E-state index is -1.29. The van der Waals surface area contributed by atoms with E-state index in [-0.39, 0.29) is 5.56 Å². The predicted octanol–water partition coefficient (Wildman–Crippen LogP) is 1.77. The first kappa shape index (κ1) is 13.7. The summed E-state index contributed by atoms with van der Waals surface area (Å²) in [7, 11) is 0. The van der Waals surface area contributed by atoms with Crippen LogP contribution in [0.5, 0.6) is 0 Å². The zero-order valence-corrected chi connectivity index (χ0v) is 10.1. The van der Waals surface area contributed by atoms with Gasteiger partial charge in [0, 0.05) is 0 Å². The van der Waals surface area contributed by atoms with Gasteiger partial charge in [0.15, 0.2) is 11.6 Å². The van der Waals surface area contributed by atoms with E-state index in [1.807, 2.05) is 0 Å². The van der Waals surface area contributed by atoms with E-state index in [4.69, 9.17) is 0 Å². The van der Waals surface area contributed by atoms with Crippen LogP contribution in [0.25, 0.3) is 0 Å².